The summed E-state index contributed by atoms with van der Waals surface area (Å²) in [7, 11) is 0. The molecule has 0 aromatic heterocycles. The van der Waals surface area contributed by atoms with E-state index in [1.54, 1.807) is 0 Å². The summed E-state index contributed by atoms with van der Waals surface area (Å²) in [4.78, 5) is 10.6. The van der Waals surface area contributed by atoms with Gasteiger partial charge in [0.05, 0.1) is 6.42 Å². The van der Waals surface area contributed by atoms with Crippen LogP contribution in [0.25, 0.3) is 0 Å². The Balaban J connectivity index is 2.38. The second kappa shape index (κ2) is 3.01. The van der Waals surface area contributed by atoms with Gasteiger partial charge < -0.3 is 9.47 Å². The first-order valence-electron chi connectivity index (χ1n) is 3.55. The number of ether oxygens (including phenoxy) is 2. The van der Waals surface area contributed by atoms with E-state index in [1.165, 1.54) is 0 Å². The third-order valence-electron chi connectivity index (χ3n) is 1.53. The minimum Gasteiger partial charge on any atom is -0.435 e. The highest BCUT2D eigenvalue weighted by molar-refractivity contribution is 5.71. The summed E-state index contributed by atoms with van der Waals surface area (Å²) >= 11 is 0. The molecule has 1 heterocycles. The topological polar surface area (TPSA) is 35.5 Å². The molecule has 0 radical (unpaired) electrons. The third-order valence-corrected chi connectivity index (χ3v) is 1.53. The highest BCUT2D eigenvalue weighted by atomic mass is 16.7. The van der Waals surface area contributed by atoms with E-state index in [0.717, 1.165) is 0 Å². The van der Waals surface area contributed by atoms with Crippen molar-refractivity contribution in [2.75, 3.05) is 6.61 Å². The Bertz CT molecular complexity index is 133. The van der Waals surface area contributed by atoms with Crippen LogP contribution in [0.4, 0.5) is 0 Å². The van der Waals surface area contributed by atoms with Crippen LogP contribution < -0.4 is 0 Å². The van der Waals surface area contributed by atoms with Crippen molar-refractivity contribution in [3.63, 3.8) is 0 Å². The second-order valence-corrected chi connectivity index (χ2v) is 2.50. The van der Waals surface area contributed by atoms with E-state index in [0.29, 0.717) is 13.0 Å². The van der Waals surface area contributed by atoms with Gasteiger partial charge in [-0.3, -0.25) is 4.79 Å². The summed E-state index contributed by atoms with van der Waals surface area (Å²) in [6.07, 6.45) is 0.197. The van der Waals surface area contributed by atoms with Gasteiger partial charge in [0.2, 0.25) is 6.29 Å². The number of rotatable bonds is 2. The number of carbonyl (C=O) groups excluding carboxylic acids is 1. The maximum absolute atomic E-state index is 10.6. The summed E-state index contributed by atoms with van der Waals surface area (Å²) in [5.74, 6) is 0.0680. The monoisotopic (exact) mass is 144 g/mol. The first-order valence-corrected chi connectivity index (χ1v) is 3.55. The Morgan fingerprint density at radius 1 is 1.80 bits per heavy atom. The Morgan fingerprint density at radius 3 is 2.90 bits per heavy atom. The SMILES string of the molecule is CCO[C@@H]1OC(=O)CC1C. The molecular weight excluding hydrogens is 132 g/mol. The average Bonchev–Trinajstić information content (AvgIpc) is 2.13. The Labute approximate surface area is 60.3 Å². The fourth-order valence-corrected chi connectivity index (χ4v) is 1.02. The van der Waals surface area contributed by atoms with Crippen molar-refractivity contribution >= 4 is 5.97 Å². The molecule has 1 fully saturated rings. The van der Waals surface area contributed by atoms with E-state index in [-0.39, 0.29) is 18.2 Å². The summed E-state index contributed by atoms with van der Waals surface area (Å²) < 4.78 is 10.00. The molecule has 58 valence electrons. The van der Waals surface area contributed by atoms with Crippen LogP contribution in [0.15, 0.2) is 0 Å². The first kappa shape index (κ1) is 7.54. The van der Waals surface area contributed by atoms with Crippen molar-refractivity contribution in [1.29, 1.82) is 0 Å². The molecular formula is C7H12O3. The van der Waals surface area contributed by atoms with Crippen molar-refractivity contribution in [2.45, 2.75) is 26.6 Å². The second-order valence-electron chi connectivity index (χ2n) is 2.50. The molecule has 0 spiro atoms. The molecule has 0 amide bonds. The minimum atomic E-state index is -0.294. The summed E-state index contributed by atoms with van der Waals surface area (Å²) in [6, 6.07) is 0. The molecule has 1 aliphatic heterocycles. The lowest BCUT2D eigenvalue weighted by atomic mass is 10.1. The molecule has 1 saturated heterocycles. The lowest BCUT2D eigenvalue weighted by Crippen LogP contribution is -2.17. The maximum atomic E-state index is 10.6. The van der Waals surface area contributed by atoms with E-state index >= 15 is 0 Å². The van der Waals surface area contributed by atoms with Gasteiger partial charge >= 0.3 is 5.97 Å². The molecule has 3 heteroatoms. The van der Waals surface area contributed by atoms with Gasteiger partial charge in [-0.15, -0.1) is 0 Å². The zero-order chi connectivity index (χ0) is 7.56. The molecule has 1 unspecified atom stereocenters. The highest BCUT2D eigenvalue weighted by Gasteiger charge is 2.31. The van der Waals surface area contributed by atoms with Gasteiger partial charge in [0.25, 0.3) is 0 Å². The van der Waals surface area contributed by atoms with Crippen LogP contribution in [-0.2, 0) is 14.3 Å². The molecule has 3 nitrogen and oxygen atoms in total. The van der Waals surface area contributed by atoms with E-state index in [1.807, 2.05) is 13.8 Å². The predicted molar refractivity (Wildman–Crippen MR) is 35.3 cm³/mol. The van der Waals surface area contributed by atoms with Gasteiger partial charge in [0.15, 0.2) is 0 Å². The van der Waals surface area contributed by atoms with E-state index in [9.17, 15) is 4.79 Å². The minimum absolute atomic E-state index is 0.147. The van der Waals surface area contributed by atoms with Crippen molar-refractivity contribution in [3.8, 4) is 0 Å². The summed E-state index contributed by atoms with van der Waals surface area (Å²) in [5.41, 5.74) is 0. The van der Waals surface area contributed by atoms with E-state index in [4.69, 9.17) is 9.47 Å². The van der Waals surface area contributed by atoms with Gasteiger partial charge in [-0.05, 0) is 6.92 Å². The molecule has 0 aliphatic carbocycles. The number of carbonyl (C=O) groups is 1. The largest absolute Gasteiger partial charge is 0.435 e. The molecule has 0 bridgehead atoms. The zero-order valence-corrected chi connectivity index (χ0v) is 6.29. The van der Waals surface area contributed by atoms with Crippen LogP contribution in [0, 0.1) is 5.92 Å². The molecule has 1 aliphatic rings. The van der Waals surface area contributed by atoms with Crippen LogP contribution in [0.1, 0.15) is 20.3 Å². The molecule has 0 saturated carbocycles. The van der Waals surface area contributed by atoms with Gasteiger partial charge in [-0.2, -0.15) is 0 Å². The van der Waals surface area contributed by atoms with Crippen molar-refractivity contribution < 1.29 is 14.3 Å². The maximum Gasteiger partial charge on any atom is 0.308 e. The van der Waals surface area contributed by atoms with Gasteiger partial charge in [-0.1, -0.05) is 6.92 Å². The smallest absolute Gasteiger partial charge is 0.308 e. The quantitative estimate of drug-likeness (QED) is 0.541. The van der Waals surface area contributed by atoms with Crippen LogP contribution in [-0.4, -0.2) is 18.9 Å². The number of cyclic esters (lactones) is 1. The third kappa shape index (κ3) is 1.48. The standard InChI is InChI=1S/C7H12O3/c1-3-9-7-5(2)4-6(8)10-7/h5,7H,3-4H2,1-2H3/t5?,7-/m1/s1. The molecule has 0 N–H and O–H groups in total. The molecule has 10 heavy (non-hydrogen) atoms. The van der Waals surface area contributed by atoms with Gasteiger partial charge in [0, 0.05) is 12.5 Å². The summed E-state index contributed by atoms with van der Waals surface area (Å²) in [6.45, 7) is 4.44. The normalized spacial score (nSPS) is 32.4. The molecule has 0 aromatic rings. The van der Waals surface area contributed by atoms with Gasteiger partial charge in [-0.25, -0.2) is 0 Å². The van der Waals surface area contributed by atoms with Crippen LogP contribution in [0.5, 0.6) is 0 Å². The Hall–Kier alpha value is -0.570. The predicted octanol–water partition coefficient (Wildman–Crippen LogP) is 0.932. The van der Waals surface area contributed by atoms with Crippen LogP contribution >= 0.6 is 0 Å². The lowest BCUT2D eigenvalue weighted by molar-refractivity contribution is -0.165. The number of hydrogen-bond acceptors (Lipinski definition) is 3. The van der Waals surface area contributed by atoms with Crippen LogP contribution in [0.2, 0.25) is 0 Å². The number of hydrogen-bond donors (Lipinski definition) is 0. The van der Waals surface area contributed by atoms with E-state index in [2.05, 4.69) is 0 Å². The fourth-order valence-electron chi connectivity index (χ4n) is 1.02. The Kier molecular flexibility index (Phi) is 2.27. The molecule has 2 atom stereocenters. The van der Waals surface area contributed by atoms with Crippen molar-refractivity contribution in [3.05, 3.63) is 0 Å². The van der Waals surface area contributed by atoms with Gasteiger partial charge in [0.1, 0.15) is 0 Å². The fraction of sp³-hybridized carbons (Fsp3) is 0.857. The lowest BCUT2D eigenvalue weighted by Gasteiger charge is -2.12. The molecule has 1 rings (SSSR count). The number of esters is 1. The molecule has 0 aromatic carbocycles. The zero-order valence-electron chi connectivity index (χ0n) is 6.29. The van der Waals surface area contributed by atoms with E-state index < -0.39 is 0 Å². The Morgan fingerprint density at radius 2 is 2.50 bits per heavy atom. The first-order chi connectivity index (χ1) is 4.74. The van der Waals surface area contributed by atoms with Crippen LogP contribution in [0.3, 0.4) is 0 Å². The average molecular weight is 144 g/mol. The summed E-state index contributed by atoms with van der Waals surface area (Å²) in [5, 5.41) is 0. The highest BCUT2D eigenvalue weighted by Crippen LogP contribution is 2.21. The van der Waals surface area contributed by atoms with Crippen molar-refractivity contribution in [1.82, 2.24) is 0 Å². The van der Waals surface area contributed by atoms with Crippen molar-refractivity contribution in [2.24, 2.45) is 5.92 Å².